The Kier molecular flexibility index (Phi) is 6.10. The van der Waals surface area contributed by atoms with Gasteiger partial charge in [0, 0.05) is 42.3 Å². The average molecular weight is 500 g/mol. The minimum Gasteiger partial charge on any atom is -0.378 e. The zero-order valence-electron chi connectivity index (χ0n) is 21.4. The number of aliphatic hydroxyl groups is 1. The van der Waals surface area contributed by atoms with Gasteiger partial charge < -0.3 is 30.4 Å². The fourth-order valence-electron chi connectivity index (χ4n) is 5.04. The van der Waals surface area contributed by atoms with Crippen molar-refractivity contribution in [1.29, 1.82) is 0 Å². The number of nitrogens with one attached hydrogen (secondary N) is 3. The van der Waals surface area contributed by atoms with Crippen LogP contribution in [-0.2, 0) is 4.74 Å². The molecule has 4 aromatic rings. The van der Waals surface area contributed by atoms with Gasteiger partial charge in [-0.1, -0.05) is 18.2 Å². The summed E-state index contributed by atoms with van der Waals surface area (Å²) in [4.78, 5) is 10.7. The molecule has 9 heteroatoms. The monoisotopic (exact) mass is 499 g/mol. The number of benzene rings is 2. The van der Waals surface area contributed by atoms with Gasteiger partial charge >= 0.3 is 0 Å². The second-order valence-corrected chi connectivity index (χ2v) is 9.95. The van der Waals surface area contributed by atoms with E-state index in [1.165, 1.54) is 0 Å². The van der Waals surface area contributed by atoms with Gasteiger partial charge in [-0.15, -0.1) is 0 Å². The summed E-state index contributed by atoms with van der Waals surface area (Å²) in [5, 5.41) is 22.9. The van der Waals surface area contributed by atoms with E-state index in [2.05, 4.69) is 59.5 Å². The van der Waals surface area contributed by atoms with Crippen LogP contribution in [0.2, 0.25) is 0 Å². The van der Waals surface area contributed by atoms with Crippen molar-refractivity contribution in [1.82, 2.24) is 25.1 Å². The van der Waals surface area contributed by atoms with Gasteiger partial charge in [-0.2, -0.15) is 5.10 Å². The number of hydrogen-bond acceptors (Lipinski definition) is 7. The van der Waals surface area contributed by atoms with Crippen LogP contribution in [0, 0.1) is 0 Å². The molecular weight excluding hydrogens is 466 g/mol. The molecule has 2 aromatic heterocycles. The number of rotatable bonds is 6. The Morgan fingerprint density at radius 1 is 1.08 bits per heavy atom. The van der Waals surface area contributed by atoms with Gasteiger partial charge in [0.15, 0.2) is 6.23 Å². The van der Waals surface area contributed by atoms with Crippen LogP contribution in [0.5, 0.6) is 0 Å². The normalized spacial score (nSPS) is 18.7. The summed E-state index contributed by atoms with van der Waals surface area (Å²) in [5.74, 6) is 0.631. The van der Waals surface area contributed by atoms with E-state index >= 15 is 0 Å². The highest BCUT2D eigenvalue weighted by atomic mass is 16.5. The molecule has 192 valence electrons. The molecule has 4 N–H and O–H groups in total. The Labute approximate surface area is 216 Å². The summed E-state index contributed by atoms with van der Waals surface area (Å²) in [6.45, 7) is 9.52. The zero-order chi connectivity index (χ0) is 25.5. The van der Waals surface area contributed by atoms with Crippen LogP contribution in [0.3, 0.4) is 0 Å². The molecule has 9 nitrogen and oxygen atoms in total. The van der Waals surface area contributed by atoms with E-state index in [-0.39, 0.29) is 12.1 Å². The lowest BCUT2D eigenvalue weighted by molar-refractivity contribution is 0.122. The van der Waals surface area contributed by atoms with Crippen LogP contribution in [0.15, 0.2) is 54.7 Å². The molecule has 1 unspecified atom stereocenters. The lowest BCUT2D eigenvalue weighted by Gasteiger charge is -2.30. The molecule has 2 aliphatic rings. The molecule has 1 saturated heterocycles. The number of imidazole rings is 1. The van der Waals surface area contributed by atoms with E-state index in [1.54, 1.807) is 0 Å². The van der Waals surface area contributed by atoms with Crippen LogP contribution >= 0.6 is 0 Å². The van der Waals surface area contributed by atoms with Crippen molar-refractivity contribution < 1.29 is 9.84 Å². The van der Waals surface area contributed by atoms with Crippen molar-refractivity contribution in [2.45, 2.75) is 39.1 Å². The second kappa shape index (κ2) is 9.57. The topological polar surface area (TPSA) is 103 Å². The highest BCUT2D eigenvalue weighted by molar-refractivity contribution is 5.98. The average Bonchev–Trinajstić information content (AvgIpc) is 3.56. The smallest absolute Gasteiger partial charge is 0.156 e. The molecular formula is C28H33N7O2. The largest absolute Gasteiger partial charge is 0.378 e. The van der Waals surface area contributed by atoms with Crippen LogP contribution < -0.4 is 15.5 Å². The highest BCUT2D eigenvalue weighted by Crippen LogP contribution is 2.37. The van der Waals surface area contributed by atoms with Gasteiger partial charge in [-0.05, 0) is 51.1 Å². The molecule has 0 bridgehead atoms. The zero-order valence-corrected chi connectivity index (χ0v) is 21.4. The van der Waals surface area contributed by atoms with E-state index in [9.17, 15) is 5.11 Å². The molecule has 0 spiro atoms. The maximum Gasteiger partial charge on any atom is 0.156 e. The first kappa shape index (κ1) is 23.6. The Bertz CT molecular complexity index is 1450. The van der Waals surface area contributed by atoms with Crippen molar-refractivity contribution in [3.63, 3.8) is 0 Å². The molecule has 2 atom stereocenters. The van der Waals surface area contributed by atoms with E-state index in [4.69, 9.17) is 14.8 Å². The Morgan fingerprint density at radius 2 is 1.89 bits per heavy atom. The quantitative estimate of drug-likeness (QED) is 0.316. The third kappa shape index (κ3) is 4.45. The molecule has 0 saturated carbocycles. The summed E-state index contributed by atoms with van der Waals surface area (Å²) in [6, 6.07) is 16.5. The molecule has 2 aliphatic heterocycles. The predicted molar refractivity (Wildman–Crippen MR) is 146 cm³/mol. The van der Waals surface area contributed by atoms with Crippen LogP contribution in [0.1, 0.15) is 49.9 Å². The lowest BCUT2D eigenvalue weighted by Crippen LogP contribution is -2.36. The van der Waals surface area contributed by atoms with Gasteiger partial charge in [0.2, 0.25) is 0 Å². The number of H-pyrrole nitrogens is 1. The number of anilines is 2. The number of aromatic amines is 1. The molecule has 37 heavy (non-hydrogen) atoms. The maximum absolute atomic E-state index is 11.3. The Balaban J connectivity index is 1.41. The molecule has 2 aromatic carbocycles. The van der Waals surface area contributed by atoms with Crippen LogP contribution in [0.25, 0.3) is 22.3 Å². The summed E-state index contributed by atoms with van der Waals surface area (Å²) in [5.41, 5.74) is 7.22. The van der Waals surface area contributed by atoms with Gasteiger partial charge in [0.05, 0.1) is 47.3 Å². The van der Waals surface area contributed by atoms with Crippen molar-refractivity contribution in [3.05, 3.63) is 71.8 Å². The van der Waals surface area contributed by atoms with Crippen molar-refractivity contribution in [2.24, 2.45) is 0 Å². The molecule has 0 amide bonds. The number of aromatic nitrogens is 4. The third-order valence-electron chi connectivity index (χ3n) is 7.09. The van der Waals surface area contributed by atoms with E-state index in [0.29, 0.717) is 11.4 Å². The van der Waals surface area contributed by atoms with Gasteiger partial charge in [0.25, 0.3) is 0 Å². The first-order valence-corrected chi connectivity index (χ1v) is 12.9. The molecule has 0 radical (unpaired) electrons. The summed E-state index contributed by atoms with van der Waals surface area (Å²) in [6.07, 6.45) is 1.07. The number of morpholine rings is 1. The number of nitrogens with zero attached hydrogens (tertiary/aromatic N) is 4. The van der Waals surface area contributed by atoms with Crippen molar-refractivity contribution in [2.75, 3.05) is 36.5 Å². The fourth-order valence-corrected chi connectivity index (χ4v) is 5.04. The first-order chi connectivity index (χ1) is 18.0. The summed E-state index contributed by atoms with van der Waals surface area (Å²) in [7, 11) is 0. The van der Waals surface area contributed by atoms with Gasteiger partial charge in [-0.3, -0.25) is 4.68 Å². The Morgan fingerprint density at radius 3 is 2.68 bits per heavy atom. The second-order valence-electron chi connectivity index (χ2n) is 9.95. The van der Waals surface area contributed by atoms with Crippen molar-refractivity contribution in [3.8, 4) is 0 Å². The van der Waals surface area contributed by atoms with Crippen LogP contribution in [-0.4, -0.2) is 57.4 Å². The fraction of sp³-hybridized carbons (Fsp3) is 0.357. The molecule has 6 rings (SSSR count). The number of aliphatic hydroxyl groups excluding tert-OH is 1. The standard InChI is InChI=1S/C28H33N7O2/c1-17(2)35-11-10-21(33-35)18(3)29-26-20-6-4-5-7-22(20)32-28(36)25(26)27-30-23-9-8-19(16-24(23)31-27)34-12-14-37-15-13-34/h4-11,16-18,28-29,32,36H,12-15H2,1-3H3,(H,30,31)/t18-,28?/m0/s1. The van der Waals surface area contributed by atoms with Crippen molar-refractivity contribution >= 4 is 33.7 Å². The summed E-state index contributed by atoms with van der Waals surface area (Å²) >= 11 is 0. The number of fused-ring (bicyclic) bond motifs is 2. The summed E-state index contributed by atoms with van der Waals surface area (Å²) < 4.78 is 7.46. The lowest BCUT2D eigenvalue weighted by atomic mass is 9.97. The minimum atomic E-state index is -0.933. The van der Waals surface area contributed by atoms with E-state index < -0.39 is 6.23 Å². The first-order valence-electron chi connectivity index (χ1n) is 12.9. The number of para-hydroxylation sites is 1. The highest BCUT2D eigenvalue weighted by Gasteiger charge is 2.30. The van der Waals surface area contributed by atoms with E-state index in [0.717, 1.165) is 65.7 Å². The molecule has 4 heterocycles. The predicted octanol–water partition coefficient (Wildman–Crippen LogP) is 4.14. The number of hydrogen-bond donors (Lipinski definition) is 4. The van der Waals surface area contributed by atoms with E-state index in [1.807, 2.05) is 41.2 Å². The SMILES string of the molecule is CC(C)n1ccc([C@H](C)NC2=C(c3nc4ccc(N5CCOCC5)cc4[nH]3)C(O)Nc3ccccc32)n1. The van der Waals surface area contributed by atoms with Gasteiger partial charge in [0.1, 0.15) is 5.82 Å². The maximum atomic E-state index is 11.3. The number of ether oxygens (including phenoxy) is 1. The third-order valence-corrected chi connectivity index (χ3v) is 7.09. The molecule has 0 aliphatic carbocycles. The minimum absolute atomic E-state index is 0.0827. The van der Waals surface area contributed by atoms with Gasteiger partial charge in [-0.25, -0.2) is 4.98 Å². The Hall–Kier alpha value is -3.82. The van der Waals surface area contributed by atoms with Crippen LogP contribution in [0.4, 0.5) is 11.4 Å². The molecule has 1 fully saturated rings.